The van der Waals surface area contributed by atoms with Gasteiger partial charge in [-0.1, -0.05) is 13.3 Å². The molecule has 0 saturated carbocycles. The number of carboxylic acids is 1. The lowest BCUT2D eigenvalue weighted by atomic mass is 10.1. The summed E-state index contributed by atoms with van der Waals surface area (Å²) in [5.41, 5.74) is 0. The van der Waals surface area contributed by atoms with Crippen molar-refractivity contribution in [2.24, 2.45) is 0 Å². The highest BCUT2D eigenvalue weighted by molar-refractivity contribution is 5.80. The van der Waals surface area contributed by atoms with Gasteiger partial charge in [-0.25, -0.2) is 0 Å². The van der Waals surface area contributed by atoms with Gasteiger partial charge in [-0.2, -0.15) is 0 Å². The molecule has 1 saturated heterocycles. The molecule has 1 aliphatic heterocycles. The number of amides is 1. The molecule has 0 aliphatic carbocycles. The molecule has 1 unspecified atom stereocenters. The largest absolute Gasteiger partial charge is 0.481 e. The lowest BCUT2D eigenvalue weighted by molar-refractivity contribution is -0.143. The summed E-state index contributed by atoms with van der Waals surface area (Å²) in [6.45, 7) is 4.08. The number of hydrogen-bond acceptors (Lipinski definition) is 3. The second kappa shape index (κ2) is 5.84. The van der Waals surface area contributed by atoms with Crippen LogP contribution in [0.2, 0.25) is 0 Å². The molecule has 1 N–H and O–H groups in total. The van der Waals surface area contributed by atoms with E-state index in [1.165, 1.54) is 0 Å². The Kier molecular flexibility index (Phi) is 4.73. The summed E-state index contributed by atoms with van der Waals surface area (Å²) in [6.07, 6.45) is 2.17. The zero-order chi connectivity index (χ0) is 12.1. The van der Waals surface area contributed by atoms with Crippen LogP contribution in [0, 0.1) is 0 Å². The molecule has 1 amide bonds. The Labute approximate surface area is 96.0 Å². The van der Waals surface area contributed by atoms with Crippen LogP contribution < -0.4 is 0 Å². The number of carbonyl (C=O) groups is 2. The average molecular weight is 228 g/mol. The maximum absolute atomic E-state index is 11.7. The molecule has 1 fully saturated rings. The third-order valence-corrected chi connectivity index (χ3v) is 3.01. The Balaban J connectivity index is 2.54. The summed E-state index contributed by atoms with van der Waals surface area (Å²) < 4.78 is 0. The van der Waals surface area contributed by atoms with E-state index in [0.717, 1.165) is 19.4 Å². The fourth-order valence-corrected chi connectivity index (χ4v) is 1.95. The first-order valence-electron chi connectivity index (χ1n) is 5.74. The van der Waals surface area contributed by atoms with Crippen molar-refractivity contribution in [2.75, 3.05) is 26.7 Å². The van der Waals surface area contributed by atoms with Crippen molar-refractivity contribution in [3.05, 3.63) is 0 Å². The molecule has 92 valence electrons. The van der Waals surface area contributed by atoms with Crippen LogP contribution in [0.4, 0.5) is 0 Å². The minimum Gasteiger partial charge on any atom is -0.481 e. The molecule has 0 bridgehead atoms. The molecule has 1 atom stereocenters. The van der Waals surface area contributed by atoms with E-state index in [1.807, 2.05) is 0 Å². The van der Waals surface area contributed by atoms with Gasteiger partial charge < -0.3 is 10.0 Å². The lowest BCUT2D eigenvalue weighted by Gasteiger charge is -2.38. The highest BCUT2D eigenvalue weighted by Crippen LogP contribution is 2.12. The van der Waals surface area contributed by atoms with Gasteiger partial charge in [0, 0.05) is 13.6 Å². The summed E-state index contributed by atoms with van der Waals surface area (Å²) in [6, 6.07) is -0.185. The van der Waals surface area contributed by atoms with E-state index < -0.39 is 5.97 Å². The van der Waals surface area contributed by atoms with Crippen molar-refractivity contribution in [3.8, 4) is 0 Å². The lowest BCUT2D eigenvalue weighted by Crippen LogP contribution is -2.55. The van der Waals surface area contributed by atoms with E-state index in [9.17, 15) is 9.59 Å². The van der Waals surface area contributed by atoms with Crippen molar-refractivity contribution >= 4 is 11.9 Å². The summed E-state index contributed by atoms with van der Waals surface area (Å²) in [5.74, 6) is -0.824. The Hall–Kier alpha value is -1.10. The van der Waals surface area contributed by atoms with Gasteiger partial charge in [-0.05, 0) is 13.0 Å². The van der Waals surface area contributed by atoms with Crippen LogP contribution in [0.3, 0.4) is 0 Å². The summed E-state index contributed by atoms with van der Waals surface area (Å²) in [4.78, 5) is 26.0. The molecule has 0 radical (unpaired) electrons. The van der Waals surface area contributed by atoms with Crippen LogP contribution in [0.1, 0.15) is 26.2 Å². The zero-order valence-electron chi connectivity index (χ0n) is 9.98. The Bertz CT molecular complexity index is 268. The number of aliphatic carboxylic acids is 1. The number of piperazine rings is 1. The van der Waals surface area contributed by atoms with Crippen molar-refractivity contribution < 1.29 is 14.7 Å². The van der Waals surface area contributed by atoms with Crippen LogP contribution in [0.25, 0.3) is 0 Å². The van der Waals surface area contributed by atoms with Crippen LogP contribution in [0.5, 0.6) is 0 Å². The van der Waals surface area contributed by atoms with E-state index in [2.05, 4.69) is 11.8 Å². The first-order chi connectivity index (χ1) is 7.54. The molecule has 1 aliphatic rings. The maximum Gasteiger partial charge on any atom is 0.305 e. The molecule has 0 aromatic rings. The fourth-order valence-electron chi connectivity index (χ4n) is 1.95. The average Bonchev–Trinajstić information content (AvgIpc) is 2.21. The van der Waals surface area contributed by atoms with Crippen LogP contribution >= 0.6 is 0 Å². The van der Waals surface area contributed by atoms with E-state index in [1.54, 1.807) is 11.9 Å². The van der Waals surface area contributed by atoms with Gasteiger partial charge in [0.15, 0.2) is 0 Å². The Morgan fingerprint density at radius 3 is 2.81 bits per heavy atom. The van der Waals surface area contributed by atoms with Gasteiger partial charge in [0.25, 0.3) is 0 Å². The number of rotatable bonds is 5. The molecule has 1 heterocycles. The molecule has 5 heteroatoms. The number of nitrogens with zero attached hydrogens (tertiary/aromatic N) is 2. The number of carboxylic acid groups (broad SMARTS) is 1. The monoisotopic (exact) mass is 228 g/mol. The predicted octanol–water partition coefficient (Wildman–Crippen LogP) is 0.404. The van der Waals surface area contributed by atoms with Gasteiger partial charge in [0.05, 0.1) is 19.0 Å². The summed E-state index contributed by atoms with van der Waals surface area (Å²) in [5, 5.41) is 8.78. The first-order valence-corrected chi connectivity index (χ1v) is 5.74. The first kappa shape index (κ1) is 13.0. The minimum absolute atomic E-state index is 0.0219. The molecule has 0 aromatic heterocycles. The number of carbonyl (C=O) groups excluding carboxylic acids is 1. The zero-order valence-corrected chi connectivity index (χ0v) is 9.98. The van der Waals surface area contributed by atoms with Gasteiger partial charge in [-0.15, -0.1) is 0 Å². The molecular weight excluding hydrogens is 208 g/mol. The minimum atomic E-state index is -0.845. The number of unbranched alkanes of at least 4 members (excludes halogenated alkanes) is 1. The fraction of sp³-hybridized carbons (Fsp3) is 0.818. The normalized spacial score (nSPS) is 22.5. The van der Waals surface area contributed by atoms with Crippen LogP contribution in [-0.2, 0) is 9.59 Å². The molecule has 0 spiro atoms. The van der Waals surface area contributed by atoms with Crippen molar-refractivity contribution in [3.63, 3.8) is 0 Å². The van der Waals surface area contributed by atoms with E-state index in [0.29, 0.717) is 13.1 Å². The second-order valence-electron chi connectivity index (χ2n) is 4.34. The smallest absolute Gasteiger partial charge is 0.305 e. The third-order valence-electron chi connectivity index (χ3n) is 3.01. The van der Waals surface area contributed by atoms with E-state index >= 15 is 0 Å². The molecule has 0 aromatic carbocycles. The topological polar surface area (TPSA) is 60.9 Å². The van der Waals surface area contributed by atoms with Crippen LogP contribution in [0.15, 0.2) is 0 Å². The Morgan fingerprint density at radius 2 is 2.25 bits per heavy atom. The Morgan fingerprint density at radius 1 is 1.56 bits per heavy atom. The molecule has 5 nitrogen and oxygen atoms in total. The van der Waals surface area contributed by atoms with E-state index in [-0.39, 0.29) is 18.4 Å². The molecular formula is C11H20N2O3. The standard InChI is InChI=1S/C11H20N2O3/c1-3-4-5-13-7-9(6-11(15)16)12(2)10(14)8-13/h9H,3-8H2,1-2H3,(H,15,16). The third kappa shape index (κ3) is 3.48. The number of hydrogen-bond donors (Lipinski definition) is 1. The van der Waals surface area contributed by atoms with Crippen LogP contribution in [-0.4, -0.2) is 59.5 Å². The van der Waals surface area contributed by atoms with E-state index in [4.69, 9.17) is 5.11 Å². The van der Waals surface area contributed by atoms with Gasteiger partial charge in [-0.3, -0.25) is 14.5 Å². The molecule has 1 rings (SSSR count). The van der Waals surface area contributed by atoms with Gasteiger partial charge >= 0.3 is 5.97 Å². The number of likely N-dealkylation sites (N-methyl/N-ethyl adjacent to an activating group) is 1. The highest BCUT2D eigenvalue weighted by Gasteiger charge is 2.30. The van der Waals surface area contributed by atoms with Crippen molar-refractivity contribution in [1.82, 2.24) is 9.80 Å². The van der Waals surface area contributed by atoms with Crippen molar-refractivity contribution in [2.45, 2.75) is 32.2 Å². The van der Waals surface area contributed by atoms with Gasteiger partial charge in [0.2, 0.25) is 5.91 Å². The molecule has 16 heavy (non-hydrogen) atoms. The summed E-state index contributed by atoms with van der Waals surface area (Å²) in [7, 11) is 1.69. The quantitative estimate of drug-likeness (QED) is 0.740. The summed E-state index contributed by atoms with van der Waals surface area (Å²) >= 11 is 0. The van der Waals surface area contributed by atoms with Crippen molar-refractivity contribution in [1.29, 1.82) is 0 Å². The highest BCUT2D eigenvalue weighted by atomic mass is 16.4. The second-order valence-corrected chi connectivity index (χ2v) is 4.34. The van der Waals surface area contributed by atoms with Gasteiger partial charge in [0.1, 0.15) is 0 Å². The maximum atomic E-state index is 11.7. The SMILES string of the molecule is CCCCN1CC(=O)N(C)C(CC(=O)O)C1. The predicted molar refractivity (Wildman–Crippen MR) is 60.2 cm³/mol.